The minimum absolute atomic E-state index is 0.332. The Bertz CT molecular complexity index is 408. The zero-order chi connectivity index (χ0) is 16.6. The summed E-state index contributed by atoms with van der Waals surface area (Å²) in [5.74, 6) is 0.464. The number of aromatic amines is 1. The summed E-state index contributed by atoms with van der Waals surface area (Å²) in [6, 6.07) is 0. The molecular weight excluding hydrogens is 286 g/mol. The Morgan fingerprint density at radius 1 is 0.739 bits per heavy atom. The molecule has 0 bridgehead atoms. The fourth-order valence-corrected chi connectivity index (χ4v) is 3.11. The Kier molecular flexibility index (Phi) is 12.7. The van der Waals surface area contributed by atoms with Crippen molar-refractivity contribution >= 4 is 0 Å². The molecule has 134 valence electrons. The van der Waals surface area contributed by atoms with Gasteiger partial charge >= 0.3 is 5.76 Å². The van der Waals surface area contributed by atoms with Crippen molar-refractivity contribution in [2.24, 2.45) is 0 Å². The predicted molar refractivity (Wildman–Crippen MR) is 98.0 cm³/mol. The monoisotopic (exact) mass is 323 g/mol. The number of H-pyrrole nitrogens is 1. The standard InChI is InChI=1S/C20H37NO2/c1-2-3-4-5-6-7-8-9-10-11-12-13-14-15-16-17-19-18-21-20(22)23-19/h18H,2-17H2,1H3,(H,21,22). The molecule has 0 aromatic carbocycles. The van der Waals surface area contributed by atoms with Crippen molar-refractivity contribution in [1.29, 1.82) is 0 Å². The SMILES string of the molecule is CCCCCCCCCCCCCCCCCc1c[nH]c(=O)o1. The van der Waals surface area contributed by atoms with E-state index in [0.29, 0.717) is 0 Å². The van der Waals surface area contributed by atoms with E-state index in [1.165, 1.54) is 89.9 Å². The molecular formula is C20H37NO2. The maximum atomic E-state index is 10.8. The highest BCUT2D eigenvalue weighted by Gasteiger charge is 1.99. The largest absolute Gasteiger partial charge is 0.416 e. The Labute approximate surface area is 142 Å². The molecule has 0 saturated carbocycles. The van der Waals surface area contributed by atoms with Crippen LogP contribution in [-0.2, 0) is 6.42 Å². The third-order valence-electron chi connectivity index (χ3n) is 4.60. The first-order valence-electron chi connectivity index (χ1n) is 10.0. The lowest BCUT2D eigenvalue weighted by atomic mass is 10.0. The fourth-order valence-electron chi connectivity index (χ4n) is 3.11. The summed E-state index contributed by atoms with van der Waals surface area (Å²) in [5.41, 5.74) is 0. The normalized spacial score (nSPS) is 11.2. The third kappa shape index (κ3) is 12.1. The van der Waals surface area contributed by atoms with Crippen LogP contribution in [0.15, 0.2) is 15.4 Å². The lowest BCUT2D eigenvalue weighted by Crippen LogP contribution is -1.93. The van der Waals surface area contributed by atoms with Gasteiger partial charge in [0.05, 0.1) is 0 Å². The van der Waals surface area contributed by atoms with Crippen LogP contribution in [0.1, 0.15) is 109 Å². The zero-order valence-electron chi connectivity index (χ0n) is 15.2. The maximum absolute atomic E-state index is 10.8. The van der Waals surface area contributed by atoms with Gasteiger partial charge < -0.3 is 4.42 Å². The van der Waals surface area contributed by atoms with Crippen molar-refractivity contribution in [3.63, 3.8) is 0 Å². The van der Waals surface area contributed by atoms with Gasteiger partial charge in [-0.15, -0.1) is 0 Å². The van der Waals surface area contributed by atoms with Crippen LogP contribution in [-0.4, -0.2) is 4.98 Å². The van der Waals surface area contributed by atoms with Crippen molar-refractivity contribution < 1.29 is 4.42 Å². The highest BCUT2D eigenvalue weighted by atomic mass is 16.4. The van der Waals surface area contributed by atoms with E-state index in [-0.39, 0.29) is 5.76 Å². The first-order valence-corrected chi connectivity index (χ1v) is 10.0. The zero-order valence-corrected chi connectivity index (χ0v) is 15.2. The van der Waals surface area contributed by atoms with Crippen molar-refractivity contribution in [2.45, 2.75) is 110 Å². The molecule has 0 saturated heterocycles. The summed E-state index contributed by atoms with van der Waals surface area (Å²) in [6.07, 6.45) is 23.2. The van der Waals surface area contributed by atoms with E-state index < -0.39 is 0 Å². The molecule has 0 spiro atoms. The summed E-state index contributed by atoms with van der Waals surface area (Å²) in [5, 5.41) is 0. The average Bonchev–Trinajstić information content (AvgIpc) is 2.96. The van der Waals surface area contributed by atoms with Gasteiger partial charge in [0.25, 0.3) is 0 Å². The van der Waals surface area contributed by atoms with Gasteiger partial charge in [-0.1, -0.05) is 96.8 Å². The molecule has 0 unspecified atom stereocenters. The van der Waals surface area contributed by atoms with Gasteiger partial charge in [0.2, 0.25) is 0 Å². The molecule has 0 radical (unpaired) electrons. The Hall–Kier alpha value is -0.990. The molecule has 1 aromatic heterocycles. The van der Waals surface area contributed by atoms with E-state index in [0.717, 1.165) is 18.6 Å². The van der Waals surface area contributed by atoms with Crippen LogP contribution in [0.5, 0.6) is 0 Å². The van der Waals surface area contributed by atoms with Gasteiger partial charge in [-0.25, -0.2) is 4.79 Å². The first-order chi connectivity index (χ1) is 11.3. The van der Waals surface area contributed by atoms with Crippen molar-refractivity contribution in [2.75, 3.05) is 0 Å². The molecule has 1 N–H and O–H groups in total. The van der Waals surface area contributed by atoms with E-state index in [4.69, 9.17) is 4.42 Å². The van der Waals surface area contributed by atoms with Crippen LogP contribution in [0, 0.1) is 0 Å². The average molecular weight is 324 g/mol. The number of oxazole rings is 1. The van der Waals surface area contributed by atoms with Crippen LogP contribution >= 0.6 is 0 Å². The van der Waals surface area contributed by atoms with E-state index in [2.05, 4.69) is 11.9 Å². The number of aromatic nitrogens is 1. The Morgan fingerprint density at radius 3 is 1.57 bits per heavy atom. The van der Waals surface area contributed by atoms with Crippen molar-refractivity contribution in [1.82, 2.24) is 4.98 Å². The third-order valence-corrected chi connectivity index (χ3v) is 4.60. The second-order valence-electron chi connectivity index (χ2n) is 6.84. The van der Waals surface area contributed by atoms with Gasteiger partial charge in [0.15, 0.2) is 0 Å². The van der Waals surface area contributed by atoms with E-state index in [9.17, 15) is 4.79 Å². The highest BCUT2D eigenvalue weighted by molar-refractivity contribution is 4.88. The summed E-state index contributed by atoms with van der Waals surface area (Å²) in [4.78, 5) is 13.4. The highest BCUT2D eigenvalue weighted by Crippen LogP contribution is 2.13. The van der Waals surface area contributed by atoms with Crippen LogP contribution in [0.4, 0.5) is 0 Å². The number of hydrogen-bond donors (Lipinski definition) is 1. The number of unbranched alkanes of at least 4 members (excludes halogenated alkanes) is 14. The maximum Gasteiger partial charge on any atom is 0.416 e. The number of rotatable bonds is 16. The molecule has 1 heterocycles. The summed E-state index contributed by atoms with van der Waals surface area (Å²) in [6.45, 7) is 2.28. The summed E-state index contributed by atoms with van der Waals surface area (Å²) in [7, 11) is 0. The minimum atomic E-state index is -0.332. The Balaban J connectivity index is 1.72. The van der Waals surface area contributed by atoms with E-state index >= 15 is 0 Å². The first kappa shape index (κ1) is 20.1. The van der Waals surface area contributed by atoms with Gasteiger partial charge in [0, 0.05) is 12.6 Å². The molecule has 0 aliphatic rings. The molecule has 0 aliphatic carbocycles. The molecule has 3 nitrogen and oxygen atoms in total. The van der Waals surface area contributed by atoms with Crippen LogP contribution in [0.25, 0.3) is 0 Å². The molecule has 1 aromatic rings. The number of aryl methyl sites for hydroxylation is 1. The van der Waals surface area contributed by atoms with Gasteiger partial charge in [-0.2, -0.15) is 0 Å². The lowest BCUT2D eigenvalue weighted by Gasteiger charge is -2.03. The van der Waals surface area contributed by atoms with Crippen LogP contribution < -0.4 is 5.76 Å². The van der Waals surface area contributed by atoms with Crippen LogP contribution in [0.3, 0.4) is 0 Å². The van der Waals surface area contributed by atoms with Gasteiger partial charge in [-0.3, -0.25) is 4.98 Å². The van der Waals surface area contributed by atoms with Crippen molar-refractivity contribution in [3.8, 4) is 0 Å². The fraction of sp³-hybridized carbons (Fsp3) is 0.850. The smallest absolute Gasteiger partial charge is 0.413 e. The molecule has 1 rings (SSSR count). The predicted octanol–water partition coefficient (Wildman–Crippen LogP) is 6.38. The topological polar surface area (TPSA) is 46.0 Å². The minimum Gasteiger partial charge on any atom is -0.413 e. The van der Waals surface area contributed by atoms with E-state index in [1.807, 2.05) is 0 Å². The lowest BCUT2D eigenvalue weighted by molar-refractivity contribution is 0.457. The summed E-state index contributed by atoms with van der Waals surface area (Å²) < 4.78 is 4.99. The van der Waals surface area contributed by atoms with Gasteiger partial charge in [0.1, 0.15) is 5.76 Å². The van der Waals surface area contributed by atoms with Crippen molar-refractivity contribution in [3.05, 3.63) is 22.5 Å². The van der Waals surface area contributed by atoms with Gasteiger partial charge in [-0.05, 0) is 6.42 Å². The Morgan fingerprint density at radius 2 is 1.17 bits per heavy atom. The number of hydrogen-bond acceptors (Lipinski definition) is 2. The molecule has 3 heteroatoms. The molecule has 0 amide bonds. The van der Waals surface area contributed by atoms with E-state index in [1.54, 1.807) is 6.20 Å². The number of nitrogens with one attached hydrogen (secondary N) is 1. The molecule has 0 aliphatic heterocycles. The second kappa shape index (κ2) is 14.6. The molecule has 23 heavy (non-hydrogen) atoms. The van der Waals surface area contributed by atoms with Crippen LogP contribution in [0.2, 0.25) is 0 Å². The summed E-state index contributed by atoms with van der Waals surface area (Å²) >= 11 is 0. The quantitative estimate of drug-likeness (QED) is 0.359. The molecule has 0 atom stereocenters. The molecule has 0 fully saturated rings. The second-order valence-corrected chi connectivity index (χ2v) is 6.84.